The van der Waals surface area contributed by atoms with E-state index in [9.17, 15) is 4.79 Å². The molecule has 100 valence electrons. The van der Waals surface area contributed by atoms with Gasteiger partial charge in [-0.05, 0) is 31.6 Å². The molecule has 4 nitrogen and oxygen atoms in total. The fourth-order valence-corrected chi connectivity index (χ4v) is 1.97. The number of pyridine rings is 1. The number of nitrogens with zero attached hydrogens (tertiary/aromatic N) is 1. The Kier molecular flexibility index (Phi) is 4.86. The van der Waals surface area contributed by atoms with E-state index in [0.29, 0.717) is 12.1 Å². The van der Waals surface area contributed by atoms with Crippen LogP contribution in [0, 0.1) is 0 Å². The molecule has 0 saturated heterocycles. The minimum atomic E-state index is -0.0548. The maximum atomic E-state index is 12.1. The first-order chi connectivity index (χ1) is 9.33. The van der Waals surface area contributed by atoms with Crippen LogP contribution in [0.4, 0.5) is 0 Å². The van der Waals surface area contributed by atoms with Crippen LogP contribution >= 0.6 is 0 Å². The molecule has 0 atom stereocenters. The summed E-state index contributed by atoms with van der Waals surface area (Å²) >= 11 is 0. The van der Waals surface area contributed by atoms with Gasteiger partial charge in [0.2, 0.25) is 0 Å². The van der Waals surface area contributed by atoms with Crippen molar-refractivity contribution in [1.82, 2.24) is 15.6 Å². The molecule has 1 heterocycles. The molecule has 0 spiro atoms. The highest BCUT2D eigenvalue weighted by atomic mass is 16.1. The Morgan fingerprint density at radius 3 is 2.89 bits per heavy atom. The van der Waals surface area contributed by atoms with Crippen molar-refractivity contribution >= 4 is 16.8 Å². The number of aromatic nitrogens is 1. The summed E-state index contributed by atoms with van der Waals surface area (Å²) in [5.74, 6) is -0.0548. The van der Waals surface area contributed by atoms with Gasteiger partial charge in [0.05, 0.1) is 11.1 Å². The fraction of sp³-hybridized carbons (Fsp3) is 0.333. The molecule has 1 aromatic heterocycles. The monoisotopic (exact) mass is 257 g/mol. The summed E-state index contributed by atoms with van der Waals surface area (Å²) in [4.78, 5) is 16.4. The third kappa shape index (κ3) is 3.51. The Labute approximate surface area is 113 Å². The van der Waals surface area contributed by atoms with Crippen LogP contribution in [-0.2, 0) is 0 Å². The van der Waals surface area contributed by atoms with Gasteiger partial charge >= 0.3 is 0 Å². The summed E-state index contributed by atoms with van der Waals surface area (Å²) in [5, 5.41) is 7.15. The molecule has 1 aromatic carbocycles. The Bertz CT molecular complexity index is 549. The molecule has 0 saturated carbocycles. The van der Waals surface area contributed by atoms with E-state index in [4.69, 9.17) is 0 Å². The van der Waals surface area contributed by atoms with Crippen LogP contribution in [0.5, 0.6) is 0 Å². The molecule has 19 heavy (non-hydrogen) atoms. The molecule has 4 heteroatoms. The van der Waals surface area contributed by atoms with Crippen LogP contribution in [-0.4, -0.2) is 30.5 Å². The fourth-order valence-electron chi connectivity index (χ4n) is 1.97. The van der Waals surface area contributed by atoms with E-state index in [1.807, 2.05) is 30.3 Å². The molecule has 0 aliphatic heterocycles. The van der Waals surface area contributed by atoms with Crippen LogP contribution in [0.25, 0.3) is 10.9 Å². The molecule has 0 fully saturated rings. The number of hydrogen-bond donors (Lipinski definition) is 2. The van der Waals surface area contributed by atoms with Gasteiger partial charge in [0.15, 0.2) is 0 Å². The van der Waals surface area contributed by atoms with Gasteiger partial charge in [0, 0.05) is 18.1 Å². The first-order valence-electron chi connectivity index (χ1n) is 6.65. The molecule has 0 aliphatic carbocycles. The van der Waals surface area contributed by atoms with Gasteiger partial charge < -0.3 is 10.6 Å². The lowest BCUT2D eigenvalue weighted by atomic mass is 10.1. The lowest BCUT2D eigenvalue weighted by molar-refractivity contribution is 0.0954. The highest BCUT2D eigenvalue weighted by Gasteiger charge is 2.09. The number of fused-ring (bicyclic) bond motifs is 1. The Hall–Kier alpha value is -1.94. The summed E-state index contributed by atoms with van der Waals surface area (Å²) < 4.78 is 0. The second-order valence-electron chi connectivity index (χ2n) is 4.34. The topological polar surface area (TPSA) is 54.0 Å². The van der Waals surface area contributed by atoms with Crippen LogP contribution in [0.15, 0.2) is 36.5 Å². The number of nitrogens with one attached hydrogen (secondary N) is 2. The Morgan fingerprint density at radius 1 is 1.21 bits per heavy atom. The van der Waals surface area contributed by atoms with Crippen molar-refractivity contribution < 1.29 is 4.79 Å². The van der Waals surface area contributed by atoms with Crippen LogP contribution < -0.4 is 10.6 Å². The first-order valence-corrected chi connectivity index (χ1v) is 6.65. The van der Waals surface area contributed by atoms with Gasteiger partial charge in [-0.15, -0.1) is 0 Å². The molecule has 1 amide bonds. The molecule has 2 aromatic rings. The van der Waals surface area contributed by atoms with Gasteiger partial charge in [-0.1, -0.05) is 25.1 Å². The zero-order chi connectivity index (χ0) is 13.5. The normalized spacial score (nSPS) is 10.6. The number of benzene rings is 1. The highest BCUT2D eigenvalue weighted by molar-refractivity contribution is 6.05. The number of hydrogen-bond acceptors (Lipinski definition) is 3. The average molecular weight is 257 g/mol. The summed E-state index contributed by atoms with van der Waals surface area (Å²) in [6.07, 6.45) is 2.64. The number of rotatable bonds is 6. The van der Waals surface area contributed by atoms with Crippen LogP contribution in [0.3, 0.4) is 0 Å². The lowest BCUT2D eigenvalue weighted by Gasteiger charge is -2.07. The summed E-state index contributed by atoms with van der Waals surface area (Å²) in [5.41, 5.74) is 1.40. The van der Waals surface area contributed by atoms with Gasteiger partial charge in [0.25, 0.3) is 5.91 Å². The van der Waals surface area contributed by atoms with Crippen molar-refractivity contribution in [2.75, 3.05) is 19.6 Å². The van der Waals surface area contributed by atoms with Crippen molar-refractivity contribution in [3.8, 4) is 0 Å². The van der Waals surface area contributed by atoms with Crippen molar-refractivity contribution in [3.05, 3.63) is 42.1 Å². The third-order valence-corrected chi connectivity index (χ3v) is 2.94. The molecule has 0 radical (unpaired) electrons. The second-order valence-corrected chi connectivity index (χ2v) is 4.34. The summed E-state index contributed by atoms with van der Waals surface area (Å²) in [7, 11) is 0. The predicted molar refractivity (Wildman–Crippen MR) is 77.2 cm³/mol. The summed E-state index contributed by atoms with van der Waals surface area (Å²) in [6.45, 7) is 4.63. The van der Waals surface area contributed by atoms with Crippen molar-refractivity contribution in [2.24, 2.45) is 0 Å². The largest absolute Gasteiger partial charge is 0.352 e. The maximum Gasteiger partial charge on any atom is 0.253 e. The van der Waals surface area contributed by atoms with Crippen LogP contribution in [0.2, 0.25) is 0 Å². The minimum absolute atomic E-state index is 0.0548. The Balaban J connectivity index is 2.01. The number of carbonyl (C=O) groups is 1. The molecular formula is C15H19N3O. The van der Waals surface area contributed by atoms with E-state index < -0.39 is 0 Å². The summed E-state index contributed by atoms with van der Waals surface area (Å²) in [6, 6.07) is 9.50. The Morgan fingerprint density at radius 2 is 2.05 bits per heavy atom. The van der Waals surface area contributed by atoms with Crippen LogP contribution in [0.1, 0.15) is 23.7 Å². The van der Waals surface area contributed by atoms with Gasteiger partial charge in [-0.2, -0.15) is 0 Å². The average Bonchev–Trinajstić information content (AvgIpc) is 2.46. The van der Waals surface area contributed by atoms with E-state index in [1.54, 1.807) is 6.20 Å². The molecule has 0 bridgehead atoms. The van der Waals surface area contributed by atoms with Gasteiger partial charge in [0.1, 0.15) is 0 Å². The molecular weight excluding hydrogens is 238 g/mol. The zero-order valence-corrected chi connectivity index (χ0v) is 11.1. The standard InChI is InChI=1S/C15H19N3O/c1-2-16-9-5-11-18-15(19)13-8-3-6-12-7-4-10-17-14(12)13/h3-4,6-8,10,16H,2,5,9,11H2,1H3,(H,18,19). The van der Waals surface area contributed by atoms with E-state index in [1.165, 1.54) is 0 Å². The third-order valence-electron chi connectivity index (χ3n) is 2.94. The van der Waals surface area contributed by atoms with Crippen molar-refractivity contribution in [3.63, 3.8) is 0 Å². The quantitative estimate of drug-likeness (QED) is 0.778. The van der Waals surface area contributed by atoms with E-state index in [0.717, 1.165) is 30.4 Å². The molecule has 0 aliphatic rings. The smallest absolute Gasteiger partial charge is 0.253 e. The van der Waals surface area contributed by atoms with E-state index in [-0.39, 0.29) is 5.91 Å². The predicted octanol–water partition coefficient (Wildman–Crippen LogP) is 1.96. The van der Waals surface area contributed by atoms with Gasteiger partial charge in [-0.3, -0.25) is 9.78 Å². The van der Waals surface area contributed by atoms with Crippen molar-refractivity contribution in [1.29, 1.82) is 0 Å². The SMILES string of the molecule is CCNCCCNC(=O)c1cccc2cccnc12. The molecule has 0 unspecified atom stereocenters. The maximum absolute atomic E-state index is 12.1. The van der Waals surface area contributed by atoms with Crippen molar-refractivity contribution in [2.45, 2.75) is 13.3 Å². The van der Waals surface area contributed by atoms with Gasteiger partial charge in [-0.25, -0.2) is 0 Å². The molecule has 2 rings (SSSR count). The number of para-hydroxylation sites is 1. The second kappa shape index (κ2) is 6.85. The zero-order valence-electron chi connectivity index (χ0n) is 11.1. The minimum Gasteiger partial charge on any atom is -0.352 e. The van der Waals surface area contributed by atoms with E-state index in [2.05, 4.69) is 22.5 Å². The highest BCUT2D eigenvalue weighted by Crippen LogP contribution is 2.15. The van der Waals surface area contributed by atoms with E-state index >= 15 is 0 Å². The number of carbonyl (C=O) groups excluding carboxylic acids is 1. The number of amides is 1. The molecule has 2 N–H and O–H groups in total. The lowest BCUT2D eigenvalue weighted by Crippen LogP contribution is -2.27. The first kappa shape index (κ1) is 13.5.